The maximum Gasteiger partial charge on any atom is 0.337 e. The number of carboxylic acids is 2. The second kappa shape index (κ2) is 7.40. The Bertz CT molecular complexity index is 998. The topological polar surface area (TPSA) is 99.3 Å². The molecule has 3 rings (SSSR count). The monoisotopic (exact) mass is 346 g/mol. The highest BCUT2D eigenvalue weighted by Crippen LogP contribution is 2.35. The van der Waals surface area contributed by atoms with Crippen LogP contribution in [0.15, 0.2) is 83.0 Å². The summed E-state index contributed by atoms with van der Waals surface area (Å²) in [5.74, 6) is -2.27. The van der Waals surface area contributed by atoms with E-state index in [0.717, 1.165) is 5.56 Å². The molecule has 0 saturated heterocycles. The lowest BCUT2D eigenvalue weighted by atomic mass is 10.0. The van der Waals surface area contributed by atoms with Crippen molar-refractivity contribution in [3.63, 3.8) is 0 Å². The number of benzene rings is 3. The lowest BCUT2D eigenvalue weighted by Crippen LogP contribution is -1.98. The highest BCUT2D eigenvalue weighted by Gasteiger charge is 2.16. The fraction of sp³-hybridized carbons (Fsp3) is 0. The Morgan fingerprint density at radius 3 is 1.96 bits per heavy atom. The van der Waals surface area contributed by atoms with Gasteiger partial charge in [0.25, 0.3) is 0 Å². The van der Waals surface area contributed by atoms with Crippen LogP contribution in [-0.2, 0) is 0 Å². The third-order valence-corrected chi connectivity index (χ3v) is 3.74. The van der Waals surface area contributed by atoms with Crippen molar-refractivity contribution in [1.29, 1.82) is 0 Å². The second-order valence-electron chi connectivity index (χ2n) is 5.40. The fourth-order valence-corrected chi connectivity index (χ4v) is 2.52. The van der Waals surface area contributed by atoms with E-state index in [1.165, 1.54) is 18.2 Å². The minimum Gasteiger partial charge on any atom is -0.478 e. The molecule has 0 aliphatic carbocycles. The predicted molar refractivity (Wildman–Crippen MR) is 96.4 cm³/mol. The van der Waals surface area contributed by atoms with Crippen molar-refractivity contribution < 1.29 is 19.8 Å². The van der Waals surface area contributed by atoms with Crippen LogP contribution in [-0.4, -0.2) is 22.2 Å². The van der Waals surface area contributed by atoms with Crippen LogP contribution in [0.2, 0.25) is 0 Å². The van der Waals surface area contributed by atoms with Crippen LogP contribution in [0.4, 0.5) is 11.4 Å². The lowest BCUT2D eigenvalue weighted by Gasteiger charge is -2.08. The van der Waals surface area contributed by atoms with Gasteiger partial charge in [0.05, 0.1) is 11.1 Å². The number of hydrogen-bond donors (Lipinski definition) is 2. The zero-order valence-electron chi connectivity index (χ0n) is 13.5. The summed E-state index contributed by atoms with van der Waals surface area (Å²) >= 11 is 0. The van der Waals surface area contributed by atoms with Gasteiger partial charge in [-0.15, -0.1) is 10.2 Å². The van der Waals surface area contributed by atoms with Gasteiger partial charge in [0.1, 0.15) is 11.4 Å². The van der Waals surface area contributed by atoms with Gasteiger partial charge in [-0.3, -0.25) is 0 Å². The Morgan fingerprint density at radius 1 is 0.654 bits per heavy atom. The van der Waals surface area contributed by atoms with E-state index in [1.807, 2.05) is 30.3 Å². The van der Waals surface area contributed by atoms with Crippen molar-refractivity contribution in [2.45, 2.75) is 0 Å². The third-order valence-electron chi connectivity index (χ3n) is 3.74. The van der Waals surface area contributed by atoms with Crippen molar-refractivity contribution in [3.8, 4) is 11.1 Å². The van der Waals surface area contributed by atoms with Crippen LogP contribution >= 0.6 is 0 Å². The molecule has 3 aromatic rings. The molecule has 0 aliphatic rings. The van der Waals surface area contributed by atoms with Crippen LogP contribution in [0, 0.1) is 0 Å². The van der Waals surface area contributed by atoms with Gasteiger partial charge in [-0.25, -0.2) is 9.59 Å². The van der Waals surface area contributed by atoms with Crippen LogP contribution < -0.4 is 0 Å². The van der Waals surface area contributed by atoms with E-state index >= 15 is 0 Å². The molecule has 0 aliphatic heterocycles. The molecule has 3 aromatic carbocycles. The number of rotatable bonds is 5. The highest BCUT2D eigenvalue weighted by molar-refractivity contribution is 5.98. The van der Waals surface area contributed by atoms with E-state index in [2.05, 4.69) is 10.2 Å². The minimum atomic E-state index is -1.14. The molecule has 0 heterocycles. The van der Waals surface area contributed by atoms with Crippen LogP contribution in [0.3, 0.4) is 0 Å². The molecule has 0 atom stereocenters. The molecule has 6 heteroatoms. The molecule has 0 radical (unpaired) electrons. The largest absolute Gasteiger partial charge is 0.478 e. The number of aromatic carboxylic acids is 2. The number of carboxylic acid groups (broad SMARTS) is 2. The van der Waals surface area contributed by atoms with Gasteiger partial charge in [-0.05, 0) is 23.8 Å². The fourth-order valence-electron chi connectivity index (χ4n) is 2.52. The summed E-state index contributed by atoms with van der Waals surface area (Å²) in [5.41, 5.74) is 1.69. The number of nitrogens with zero attached hydrogens (tertiary/aromatic N) is 2. The van der Waals surface area contributed by atoms with Gasteiger partial charge in [0.2, 0.25) is 0 Å². The molecular weight excluding hydrogens is 332 g/mol. The van der Waals surface area contributed by atoms with Gasteiger partial charge >= 0.3 is 11.9 Å². The first-order valence-electron chi connectivity index (χ1n) is 7.73. The second-order valence-corrected chi connectivity index (χ2v) is 5.40. The third kappa shape index (κ3) is 3.49. The van der Waals surface area contributed by atoms with E-state index in [1.54, 1.807) is 24.3 Å². The molecule has 26 heavy (non-hydrogen) atoms. The molecule has 0 amide bonds. The molecule has 0 spiro atoms. The molecule has 0 saturated carbocycles. The zero-order valence-corrected chi connectivity index (χ0v) is 13.5. The molecule has 0 fully saturated rings. The maximum absolute atomic E-state index is 11.6. The summed E-state index contributed by atoms with van der Waals surface area (Å²) in [4.78, 5) is 22.9. The summed E-state index contributed by atoms with van der Waals surface area (Å²) in [6.45, 7) is 0. The number of azo groups is 1. The molecule has 0 aromatic heterocycles. The smallest absolute Gasteiger partial charge is 0.337 e. The van der Waals surface area contributed by atoms with Crippen LogP contribution in [0.5, 0.6) is 0 Å². The SMILES string of the molecule is O=C(O)c1ccccc1N=Nc1c(C(=O)O)cccc1-c1ccccc1. The Balaban J connectivity index is 2.15. The Kier molecular flexibility index (Phi) is 4.85. The normalized spacial score (nSPS) is 10.8. The first-order chi connectivity index (χ1) is 12.6. The molecule has 0 bridgehead atoms. The summed E-state index contributed by atoms with van der Waals surface area (Å²) in [5, 5.41) is 26.8. The lowest BCUT2D eigenvalue weighted by molar-refractivity contribution is 0.0686. The average Bonchev–Trinajstić information content (AvgIpc) is 2.66. The standard InChI is InChI=1S/C20H14N2O4/c23-19(24)15-9-4-5-12-17(15)21-22-18-14(13-7-2-1-3-8-13)10-6-11-16(18)20(25)26/h1-12H,(H,23,24)(H,25,26). The molecule has 6 nitrogen and oxygen atoms in total. The van der Waals surface area contributed by atoms with E-state index < -0.39 is 11.9 Å². The highest BCUT2D eigenvalue weighted by atomic mass is 16.4. The summed E-state index contributed by atoms with van der Waals surface area (Å²) in [6.07, 6.45) is 0. The minimum absolute atomic E-state index is 0.00897. The maximum atomic E-state index is 11.6. The Hall–Kier alpha value is -3.80. The predicted octanol–water partition coefficient (Wildman–Crippen LogP) is 5.17. The van der Waals surface area contributed by atoms with Gasteiger partial charge < -0.3 is 10.2 Å². The number of carbonyl (C=O) groups is 2. The Morgan fingerprint density at radius 2 is 1.27 bits per heavy atom. The first-order valence-corrected chi connectivity index (χ1v) is 7.73. The molecule has 128 valence electrons. The van der Waals surface area contributed by atoms with Gasteiger partial charge in [-0.2, -0.15) is 0 Å². The van der Waals surface area contributed by atoms with Crippen LogP contribution in [0.1, 0.15) is 20.7 Å². The van der Waals surface area contributed by atoms with E-state index in [4.69, 9.17) is 0 Å². The quantitative estimate of drug-likeness (QED) is 0.623. The van der Waals surface area contributed by atoms with E-state index in [9.17, 15) is 19.8 Å². The first kappa shape index (κ1) is 17.0. The molecule has 2 N–H and O–H groups in total. The van der Waals surface area contributed by atoms with Gasteiger partial charge in [0.15, 0.2) is 0 Å². The van der Waals surface area contributed by atoms with Crippen molar-refractivity contribution in [1.82, 2.24) is 0 Å². The zero-order chi connectivity index (χ0) is 18.5. The van der Waals surface area contributed by atoms with Crippen molar-refractivity contribution >= 4 is 23.3 Å². The number of hydrogen-bond acceptors (Lipinski definition) is 4. The Labute approximate surface area is 149 Å². The molecular formula is C20H14N2O4. The van der Waals surface area contributed by atoms with Gasteiger partial charge in [-0.1, -0.05) is 54.6 Å². The van der Waals surface area contributed by atoms with Crippen molar-refractivity contribution in [3.05, 3.63) is 83.9 Å². The summed E-state index contributed by atoms with van der Waals surface area (Å²) < 4.78 is 0. The van der Waals surface area contributed by atoms with E-state index in [-0.39, 0.29) is 22.5 Å². The summed E-state index contributed by atoms with van der Waals surface area (Å²) in [7, 11) is 0. The van der Waals surface area contributed by atoms with Crippen molar-refractivity contribution in [2.75, 3.05) is 0 Å². The average molecular weight is 346 g/mol. The van der Waals surface area contributed by atoms with E-state index in [0.29, 0.717) is 5.56 Å². The van der Waals surface area contributed by atoms with Gasteiger partial charge in [0, 0.05) is 5.56 Å². The molecule has 0 unspecified atom stereocenters. The van der Waals surface area contributed by atoms with Crippen LogP contribution in [0.25, 0.3) is 11.1 Å². The summed E-state index contributed by atoms with van der Waals surface area (Å²) in [6, 6.07) is 20.2. The van der Waals surface area contributed by atoms with Crippen molar-refractivity contribution in [2.24, 2.45) is 10.2 Å².